The summed E-state index contributed by atoms with van der Waals surface area (Å²) in [5.41, 5.74) is -0.926. The van der Waals surface area contributed by atoms with Gasteiger partial charge in [0, 0.05) is 6.07 Å². The number of hydrogen-bond acceptors (Lipinski definition) is 4. The predicted octanol–water partition coefficient (Wildman–Crippen LogP) is 4.18. The van der Waals surface area contributed by atoms with Crippen molar-refractivity contribution in [3.63, 3.8) is 0 Å². The van der Waals surface area contributed by atoms with Crippen molar-refractivity contribution in [2.75, 3.05) is 18.9 Å². The van der Waals surface area contributed by atoms with Crippen molar-refractivity contribution in [3.8, 4) is 11.5 Å². The summed E-state index contributed by atoms with van der Waals surface area (Å²) in [7, 11) is -1.44. The lowest BCUT2D eigenvalue weighted by molar-refractivity contribution is -0.137. The van der Waals surface area contributed by atoms with E-state index in [0.29, 0.717) is 12.1 Å². The Hall–Kier alpha value is -2.13. The van der Waals surface area contributed by atoms with E-state index in [-0.39, 0.29) is 27.1 Å². The maximum atomic E-state index is 12.6. The van der Waals surface area contributed by atoms with Gasteiger partial charge in [0.05, 0.1) is 35.4 Å². The van der Waals surface area contributed by atoms with E-state index in [0.717, 1.165) is 12.1 Å². The molecule has 5 nitrogen and oxygen atoms in total. The number of anilines is 1. The molecule has 0 atom stereocenters. The summed E-state index contributed by atoms with van der Waals surface area (Å²) in [6.07, 6.45) is -4.55. The number of hydrogen-bond donors (Lipinski definition) is 1. The van der Waals surface area contributed by atoms with Gasteiger partial charge in [-0.05, 0) is 30.3 Å². The Balaban J connectivity index is 2.37. The Labute approximate surface area is 147 Å². The summed E-state index contributed by atoms with van der Waals surface area (Å²) in [6, 6.07) is 5.76. The summed E-state index contributed by atoms with van der Waals surface area (Å²) in [5.74, 6) is 0.410. The van der Waals surface area contributed by atoms with Gasteiger partial charge < -0.3 is 9.47 Å². The zero-order valence-corrected chi connectivity index (χ0v) is 14.6. The molecule has 0 heterocycles. The van der Waals surface area contributed by atoms with Crippen LogP contribution in [0.4, 0.5) is 18.9 Å². The van der Waals surface area contributed by atoms with Gasteiger partial charge >= 0.3 is 6.18 Å². The molecule has 25 heavy (non-hydrogen) atoms. The highest BCUT2D eigenvalue weighted by Crippen LogP contribution is 2.37. The van der Waals surface area contributed by atoms with Crippen molar-refractivity contribution in [1.29, 1.82) is 0 Å². The fourth-order valence-electron chi connectivity index (χ4n) is 1.97. The maximum Gasteiger partial charge on any atom is 0.416 e. The SMILES string of the molecule is COc1cc(OC)c(NS(=O)(=O)c2ccc(C(F)(F)F)cc2)cc1Cl. The van der Waals surface area contributed by atoms with Crippen LogP contribution in [0.3, 0.4) is 0 Å². The van der Waals surface area contributed by atoms with Crippen LogP contribution < -0.4 is 14.2 Å². The van der Waals surface area contributed by atoms with Crippen molar-refractivity contribution in [1.82, 2.24) is 0 Å². The highest BCUT2D eigenvalue weighted by molar-refractivity contribution is 7.92. The van der Waals surface area contributed by atoms with Gasteiger partial charge in [-0.25, -0.2) is 8.42 Å². The Morgan fingerprint density at radius 3 is 2.04 bits per heavy atom. The molecule has 0 aromatic heterocycles. The van der Waals surface area contributed by atoms with Crippen LogP contribution in [0.15, 0.2) is 41.3 Å². The fraction of sp³-hybridized carbons (Fsp3) is 0.200. The van der Waals surface area contributed by atoms with E-state index in [1.807, 2.05) is 0 Å². The molecule has 0 bridgehead atoms. The first-order chi connectivity index (χ1) is 11.6. The fourth-order valence-corrected chi connectivity index (χ4v) is 3.27. The van der Waals surface area contributed by atoms with Crippen LogP contribution in [0.5, 0.6) is 11.5 Å². The van der Waals surface area contributed by atoms with Crippen molar-refractivity contribution in [3.05, 3.63) is 47.0 Å². The second-order valence-electron chi connectivity index (χ2n) is 4.81. The number of halogens is 4. The molecule has 136 valence electrons. The number of rotatable bonds is 5. The normalized spacial score (nSPS) is 11.9. The minimum Gasteiger partial charge on any atom is -0.495 e. The van der Waals surface area contributed by atoms with E-state index in [9.17, 15) is 21.6 Å². The molecule has 0 fully saturated rings. The molecule has 1 N–H and O–H groups in total. The smallest absolute Gasteiger partial charge is 0.416 e. The van der Waals surface area contributed by atoms with Gasteiger partial charge in [-0.3, -0.25) is 4.72 Å². The van der Waals surface area contributed by atoms with Gasteiger partial charge in [-0.15, -0.1) is 0 Å². The van der Waals surface area contributed by atoms with Crippen LogP contribution in [0, 0.1) is 0 Å². The number of benzene rings is 2. The molecule has 0 radical (unpaired) electrons. The molecule has 0 spiro atoms. The third-order valence-electron chi connectivity index (χ3n) is 3.21. The van der Waals surface area contributed by atoms with Crippen molar-refractivity contribution in [2.24, 2.45) is 0 Å². The van der Waals surface area contributed by atoms with E-state index < -0.39 is 21.8 Å². The second-order valence-corrected chi connectivity index (χ2v) is 6.90. The lowest BCUT2D eigenvalue weighted by Crippen LogP contribution is -2.14. The Morgan fingerprint density at radius 2 is 1.56 bits per heavy atom. The maximum absolute atomic E-state index is 12.6. The van der Waals surface area contributed by atoms with Crippen LogP contribution in [-0.4, -0.2) is 22.6 Å². The van der Waals surface area contributed by atoms with Gasteiger partial charge in [-0.2, -0.15) is 13.2 Å². The van der Waals surface area contributed by atoms with Crippen LogP contribution in [0.25, 0.3) is 0 Å². The Kier molecular flexibility index (Phi) is 5.38. The van der Waals surface area contributed by atoms with Crippen LogP contribution in [-0.2, 0) is 16.2 Å². The first-order valence-electron chi connectivity index (χ1n) is 6.70. The number of ether oxygens (including phenoxy) is 2. The predicted molar refractivity (Wildman–Crippen MR) is 86.8 cm³/mol. The van der Waals surface area contributed by atoms with Gasteiger partial charge in [0.15, 0.2) is 0 Å². The average molecular weight is 396 g/mol. The molecular formula is C15H13ClF3NO4S. The lowest BCUT2D eigenvalue weighted by atomic mass is 10.2. The molecule has 0 aliphatic carbocycles. The molecule has 2 rings (SSSR count). The second kappa shape index (κ2) is 7.01. The van der Waals surface area contributed by atoms with E-state index in [1.54, 1.807) is 0 Å². The van der Waals surface area contributed by atoms with Crippen molar-refractivity contribution >= 4 is 27.3 Å². The first-order valence-corrected chi connectivity index (χ1v) is 8.56. The summed E-state index contributed by atoms with van der Waals surface area (Å²) in [5, 5.41) is 0.133. The quantitative estimate of drug-likeness (QED) is 0.825. The topological polar surface area (TPSA) is 64.6 Å². The highest BCUT2D eigenvalue weighted by atomic mass is 35.5. The minimum atomic E-state index is -4.55. The largest absolute Gasteiger partial charge is 0.495 e. The molecule has 0 saturated carbocycles. The molecule has 10 heteroatoms. The van der Waals surface area contributed by atoms with Gasteiger partial charge in [0.2, 0.25) is 0 Å². The zero-order chi connectivity index (χ0) is 18.8. The number of sulfonamides is 1. The molecule has 2 aromatic carbocycles. The van der Waals surface area contributed by atoms with E-state index in [2.05, 4.69) is 4.72 Å². The van der Waals surface area contributed by atoms with E-state index >= 15 is 0 Å². The van der Waals surface area contributed by atoms with Gasteiger partial charge in [0.25, 0.3) is 10.0 Å². The van der Waals surface area contributed by atoms with Crippen LogP contribution in [0.2, 0.25) is 5.02 Å². The third kappa shape index (κ3) is 4.29. The monoisotopic (exact) mass is 395 g/mol. The molecule has 0 unspecified atom stereocenters. The molecule has 2 aromatic rings. The first kappa shape index (κ1) is 19.2. The molecular weight excluding hydrogens is 383 g/mol. The van der Waals surface area contributed by atoms with Crippen LogP contribution in [0.1, 0.15) is 5.56 Å². The van der Waals surface area contributed by atoms with E-state index in [4.69, 9.17) is 21.1 Å². The number of methoxy groups -OCH3 is 2. The number of alkyl halides is 3. The molecule has 0 amide bonds. The van der Waals surface area contributed by atoms with E-state index in [1.165, 1.54) is 26.4 Å². The van der Waals surface area contributed by atoms with Crippen molar-refractivity contribution in [2.45, 2.75) is 11.1 Å². The third-order valence-corrected chi connectivity index (χ3v) is 4.89. The molecule has 0 aliphatic rings. The summed E-state index contributed by atoms with van der Waals surface area (Å²) in [6.45, 7) is 0. The number of nitrogens with one attached hydrogen (secondary N) is 1. The highest BCUT2D eigenvalue weighted by Gasteiger charge is 2.30. The summed E-state index contributed by atoms with van der Waals surface area (Å²) in [4.78, 5) is -0.338. The Bertz CT molecular complexity index is 868. The standard InChI is InChI=1S/C15H13ClF3NO4S/c1-23-13-8-14(24-2)12(7-11(13)16)20-25(21,22)10-5-3-9(4-6-10)15(17,18)19/h3-8,20H,1-2H3. The zero-order valence-electron chi connectivity index (χ0n) is 13.0. The summed E-state index contributed by atoms with van der Waals surface area (Å²) >= 11 is 5.96. The van der Waals surface area contributed by atoms with Crippen LogP contribution >= 0.6 is 11.6 Å². The average Bonchev–Trinajstić information content (AvgIpc) is 2.54. The Morgan fingerprint density at radius 1 is 1.00 bits per heavy atom. The van der Waals surface area contributed by atoms with Gasteiger partial charge in [0.1, 0.15) is 11.5 Å². The lowest BCUT2D eigenvalue weighted by Gasteiger charge is -2.14. The molecule has 0 aliphatic heterocycles. The van der Waals surface area contributed by atoms with Gasteiger partial charge in [-0.1, -0.05) is 11.6 Å². The molecule has 0 saturated heterocycles. The summed E-state index contributed by atoms with van der Waals surface area (Å²) < 4.78 is 74.8. The van der Waals surface area contributed by atoms with Crippen molar-refractivity contribution < 1.29 is 31.1 Å². The minimum absolute atomic E-state index is 0.0215.